The Morgan fingerprint density at radius 3 is 2.02 bits per heavy atom. The zero-order valence-electron chi connectivity index (χ0n) is 27.1. The van der Waals surface area contributed by atoms with Gasteiger partial charge >= 0.3 is 53.1 Å². The number of hydrogen-bond acceptors (Lipinski definition) is 0. The van der Waals surface area contributed by atoms with Crippen LogP contribution in [0.25, 0.3) is 5.57 Å². The van der Waals surface area contributed by atoms with Crippen LogP contribution in [0.3, 0.4) is 0 Å². The van der Waals surface area contributed by atoms with Gasteiger partial charge in [0, 0.05) is 0 Å². The van der Waals surface area contributed by atoms with E-state index in [1.165, 1.54) is 49.7 Å². The Hall–Kier alpha value is -0.627. The summed E-state index contributed by atoms with van der Waals surface area (Å²) >= 11 is 1.68. The normalized spacial score (nSPS) is 27.1. The molecule has 42 heavy (non-hydrogen) atoms. The van der Waals surface area contributed by atoms with Crippen LogP contribution in [0.5, 0.6) is 0 Å². The van der Waals surface area contributed by atoms with Crippen LogP contribution < -0.4 is 34.0 Å². The maximum Gasteiger partial charge on any atom is -0.172 e. The largest absolute Gasteiger partial charge is 0.214 e. The van der Waals surface area contributed by atoms with Gasteiger partial charge in [0.15, 0.2) is 0 Å². The summed E-state index contributed by atoms with van der Waals surface area (Å²) in [6, 6.07) is 19.2. The molecule has 7 rings (SSSR count). The summed E-state index contributed by atoms with van der Waals surface area (Å²) in [6.07, 6.45) is 14.3. The Balaban J connectivity index is 0.000000312. The molecule has 5 aliphatic carbocycles. The maximum absolute atomic E-state index is 2.62. The molecule has 2 saturated carbocycles. The van der Waals surface area contributed by atoms with E-state index in [1.807, 2.05) is 30.3 Å². The molecule has 0 bridgehead atoms. The van der Waals surface area contributed by atoms with E-state index < -0.39 is 0 Å². The van der Waals surface area contributed by atoms with Crippen molar-refractivity contribution in [2.45, 2.75) is 100 Å². The first-order chi connectivity index (χ1) is 18.9. The summed E-state index contributed by atoms with van der Waals surface area (Å²) in [5.41, 5.74) is 10.3. The van der Waals surface area contributed by atoms with Gasteiger partial charge in [-0.15, -0.1) is 6.92 Å². The molecule has 0 amide bonds. The first-order valence-corrected chi connectivity index (χ1v) is 16.9. The predicted octanol–water partition coefficient (Wildman–Crippen LogP) is 4.66. The molecular weight excluding hydrogens is 719 g/mol. The van der Waals surface area contributed by atoms with E-state index in [-0.39, 0.29) is 55.6 Å². The van der Waals surface area contributed by atoms with Crippen molar-refractivity contribution in [1.82, 2.24) is 0 Å². The van der Waals surface area contributed by atoms with E-state index in [9.17, 15) is 0 Å². The molecule has 5 aliphatic rings. The number of hydrogen-bond donors (Lipinski definition) is 0. The third-order valence-electron chi connectivity index (χ3n) is 12.6. The first kappa shape index (κ1) is 35.8. The Labute approximate surface area is 293 Å². The van der Waals surface area contributed by atoms with Gasteiger partial charge in [-0.05, 0) is 40.6 Å². The standard InChI is InChI=1S/C29H37.C5H8.C5H5.2BrH.Zr/c1-18-25-22-17-19-13-9-10-14-20(19)24(22)21-15-11-12-16-23(21)29(25,8)28(6,7)27(4,5)26(18,2)3;2*1-2-4-5-3-1;;;/h9-11,13-15,23H,12,16-17H2,1-8H3;1-4H2;1-5H;2*1H;/q-1;;-1;;;+2/p-2. The molecule has 2 aromatic rings. The summed E-state index contributed by atoms with van der Waals surface area (Å²) in [5.74, 6) is 2.24. The molecule has 226 valence electrons. The number of benzene rings is 1. The minimum absolute atomic E-state index is 0. The van der Waals surface area contributed by atoms with Crippen LogP contribution in [-0.2, 0) is 30.7 Å². The van der Waals surface area contributed by atoms with Gasteiger partial charge in [-0.3, -0.25) is 0 Å². The molecular formula is C39H50Br2Zr-2. The fourth-order valence-corrected chi connectivity index (χ4v) is 9.56. The zero-order valence-corrected chi connectivity index (χ0v) is 32.8. The van der Waals surface area contributed by atoms with E-state index >= 15 is 0 Å². The monoisotopic (exact) mass is 766 g/mol. The van der Waals surface area contributed by atoms with Crippen molar-refractivity contribution in [2.75, 3.05) is 0 Å². The molecule has 2 aromatic carbocycles. The molecule has 0 nitrogen and oxygen atoms in total. The molecule has 0 aliphatic heterocycles. The van der Waals surface area contributed by atoms with Gasteiger partial charge in [0.05, 0.1) is 0 Å². The summed E-state index contributed by atoms with van der Waals surface area (Å²) < 4.78 is 1.79. The van der Waals surface area contributed by atoms with Crippen LogP contribution in [0.15, 0.2) is 83.5 Å². The van der Waals surface area contributed by atoms with Crippen molar-refractivity contribution in [2.24, 2.45) is 27.6 Å². The van der Waals surface area contributed by atoms with E-state index in [0.29, 0.717) is 5.92 Å². The topological polar surface area (TPSA) is 0 Å². The Morgan fingerprint density at radius 1 is 0.857 bits per heavy atom. The van der Waals surface area contributed by atoms with Crippen molar-refractivity contribution < 1.29 is 58.2 Å². The van der Waals surface area contributed by atoms with Crippen molar-refractivity contribution in [3.8, 4) is 0 Å². The van der Waals surface area contributed by atoms with Crippen molar-refractivity contribution in [1.29, 1.82) is 0 Å². The molecule has 0 radical (unpaired) electrons. The molecule has 2 fully saturated rings. The van der Waals surface area contributed by atoms with E-state index in [4.69, 9.17) is 0 Å². The van der Waals surface area contributed by atoms with Crippen LogP contribution in [0, 0.1) is 33.5 Å². The number of halogens is 2. The molecule has 2 atom stereocenters. The van der Waals surface area contributed by atoms with Crippen LogP contribution >= 0.6 is 0 Å². The van der Waals surface area contributed by atoms with Crippen LogP contribution in [0.1, 0.15) is 105 Å². The maximum atomic E-state index is 2.62. The Bertz CT molecular complexity index is 1330. The van der Waals surface area contributed by atoms with Crippen molar-refractivity contribution in [3.63, 3.8) is 0 Å². The van der Waals surface area contributed by atoms with E-state index in [2.05, 4.69) is 91.8 Å². The average Bonchev–Trinajstić information content (AvgIpc) is 3.71. The third kappa shape index (κ3) is 5.53. The smallest absolute Gasteiger partial charge is 0.172 e. The minimum atomic E-state index is 0. The molecule has 3 heteroatoms. The second kappa shape index (κ2) is 13.4. The summed E-state index contributed by atoms with van der Waals surface area (Å²) in [6.45, 7) is 20.3. The second-order valence-electron chi connectivity index (χ2n) is 14.5. The van der Waals surface area contributed by atoms with Gasteiger partial charge in [0.2, 0.25) is 0 Å². The van der Waals surface area contributed by atoms with Gasteiger partial charge < -0.3 is 34.0 Å². The first-order valence-electron chi connectivity index (χ1n) is 15.7. The predicted molar refractivity (Wildman–Crippen MR) is 170 cm³/mol. The molecule has 0 spiro atoms. The average molecular weight is 770 g/mol. The van der Waals surface area contributed by atoms with Gasteiger partial charge in [-0.25, -0.2) is 18.1 Å². The summed E-state index contributed by atoms with van der Waals surface area (Å²) in [7, 11) is 0. The molecule has 0 aromatic heterocycles. The fourth-order valence-electron chi connectivity index (χ4n) is 8.69. The SMILES string of the molecule is C[C-]1C2=C3Cc4ccccc4C3=C3C=CCCC3C2(C)C(C)(C)C(C)(C)C1(C)C.[Br-].[Br-].[Zr+2]=[C]1CCCC1.c1cc[cH-]c1. The quantitative estimate of drug-likeness (QED) is 0.343. The fraction of sp³-hybridized carbons (Fsp3) is 0.513. The third-order valence-corrected chi connectivity index (χ3v) is 13.8. The summed E-state index contributed by atoms with van der Waals surface area (Å²) in [4.78, 5) is 0. The van der Waals surface area contributed by atoms with Gasteiger partial charge in [0.25, 0.3) is 0 Å². The van der Waals surface area contributed by atoms with Gasteiger partial charge in [0.1, 0.15) is 0 Å². The van der Waals surface area contributed by atoms with Crippen molar-refractivity contribution >= 4 is 8.78 Å². The van der Waals surface area contributed by atoms with Crippen LogP contribution in [0.4, 0.5) is 0 Å². The van der Waals surface area contributed by atoms with Crippen LogP contribution in [-0.4, -0.2) is 3.21 Å². The zero-order chi connectivity index (χ0) is 28.9. The molecule has 0 N–H and O–H groups in total. The molecule has 2 unspecified atom stereocenters. The minimum Gasteiger partial charge on any atom is -0.214 e. The number of allylic oxidation sites excluding steroid dienone is 6. The van der Waals surface area contributed by atoms with E-state index in [0.717, 1.165) is 6.42 Å². The summed E-state index contributed by atoms with van der Waals surface area (Å²) in [5, 5.41) is 0. The molecule has 0 heterocycles. The molecule has 0 saturated heterocycles. The van der Waals surface area contributed by atoms with Gasteiger partial charge in [-0.2, -0.15) is 29.3 Å². The number of rotatable bonds is 0. The van der Waals surface area contributed by atoms with E-state index in [1.54, 1.807) is 55.7 Å². The second-order valence-corrected chi connectivity index (χ2v) is 16.3. The van der Waals surface area contributed by atoms with Crippen LogP contribution in [0.2, 0.25) is 0 Å². The Kier molecular flexibility index (Phi) is 11.4. The van der Waals surface area contributed by atoms with Gasteiger partial charge in [-0.1, -0.05) is 113 Å². The number of fused-ring (bicyclic) bond motifs is 6. The van der Waals surface area contributed by atoms with Crippen molar-refractivity contribution in [3.05, 3.63) is 101 Å². The Morgan fingerprint density at radius 2 is 1.48 bits per heavy atom.